The second kappa shape index (κ2) is 7.34. The zero-order valence-electron chi connectivity index (χ0n) is 12.6. The molecule has 112 valence electrons. The summed E-state index contributed by atoms with van der Waals surface area (Å²) >= 11 is 6.28. The minimum Gasteiger partial charge on any atom is -0.493 e. The van der Waals surface area contributed by atoms with Gasteiger partial charge in [-0.15, -0.1) is 0 Å². The quantitative estimate of drug-likeness (QED) is 0.857. The lowest BCUT2D eigenvalue weighted by atomic mass is 10.1. The van der Waals surface area contributed by atoms with Crippen LogP contribution >= 0.6 is 11.6 Å². The molecule has 21 heavy (non-hydrogen) atoms. The zero-order valence-corrected chi connectivity index (χ0v) is 13.3. The summed E-state index contributed by atoms with van der Waals surface area (Å²) in [5.74, 6) is 2.00. The number of hydrogen-bond acceptors (Lipinski definition) is 3. The predicted molar refractivity (Wildman–Crippen MR) is 86.7 cm³/mol. The SMILES string of the molecule is CCc1ccc(Oc2ccc(CNC)cc2Cl)c(OC)c1. The van der Waals surface area contributed by atoms with Gasteiger partial charge in [0.2, 0.25) is 0 Å². The van der Waals surface area contributed by atoms with Gasteiger partial charge in [0.05, 0.1) is 12.1 Å². The molecule has 0 aliphatic rings. The van der Waals surface area contributed by atoms with Gasteiger partial charge in [-0.3, -0.25) is 0 Å². The van der Waals surface area contributed by atoms with E-state index in [1.54, 1.807) is 7.11 Å². The van der Waals surface area contributed by atoms with Gasteiger partial charge in [-0.05, 0) is 48.9 Å². The van der Waals surface area contributed by atoms with Gasteiger partial charge >= 0.3 is 0 Å². The van der Waals surface area contributed by atoms with E-state index in [2.05, 4.69) is 12.2 Å². The highest BCUT2D eigenvalue weighted by Crippen LogP contribution is 2.36. The largest absolute Gasteiger partial charge is 0.493 e. The van der Waals surface area contributed by atoms with E-state index >= 15 is 0 Å². The first-order chi connectivity index (χ1) is 10.2. The highest BCUT2D eigenvalue weighted by molar-refractivity contribution is 6.32. The predicted octanol–water partition coefficient (Wildman–Crippen LogP) is 4.42. The van der Waals surface area contributed by atoms with Crippen molar-refractivity contribution in [3.8, 4) is 17.2 Å². The van der Waals surface area contributed by atoms with Crippen molar-refractivity contribution < 1.29 is 9.47 Å². The first kappa shape index (κ1) is 15.7. The Labute approximate surface area is 130 Å². The van der Waals surface area contributed by atoms with E-state index in [1.807, 2.05) is 43.4 Å². The Morgan fingerprint density at radius 1 is 1.00 bits per heavy atom. The molecule has 1 N–H and O–H groups in total. The fraction of sp³-hybridized carbons (Fsp3) is 0.294. The van der Waals surface area contributed by atoms with Crippen molar-refractivity contribution in [3.05, 3.63) is 52.5 Å². The van der Waals surface area contributed by atoms with Crippen molar-refractivity contribution in [1.29, 1.82) is 0 Å². The van der Waals surface area contributed by atoms with Gasteiger partial charge in [0.15, 0.2) is 11.5 Å². The number of nitrogens with one attached hydrogen (secondary N) is 1. The van der Waals surface area contributed by atoms with Crippen molar-refractivity contribution in [1.82, 2.24) is 5.32 Å². The molecule has 0 bridgehead atoms. The Kier molecular flexibility index (Phi) is 5.48. The van der Waals surface area contributed by atoms with Crippen molar-refractivity contribution in [3.63, 3.8) is 0 Å². The second-order valence-corrected chi connectivity index (χ2v) is 5.14. The van der Waals surface area contributed by atoms with Crippen LogP contribution in [0.5, 0.6) is 17.2 Å². The summed E-state index contributed by atoms with van der Waals surface area (Å²) in [5, 5.41) is 3.68. The van der Waals surface area contributed by atoms with E-state index in [-0.39, 0.29) is 0 Å². The van der Waals surface area contributed by atoms with Gasteiger partial charge in [0, 0.05) is 6.54 Å². The third-order valence-corrected chi connectivity index (χ3v) is 3.53. The summed E-state index contributed by atoms with van der Waals surface area (Å²) in [6, 6.07) is 11.7. The number of halogens is 1. The minimum atomic E-state index is 0.587. The second-order valence-electron chi connectivity index (χ2n) is 4.74. The van der Waals surface area contributed by atoms with Gasteiger partial charge in [0.1, 0.15) is 5.75 Å². The molecular formula is C17H20ClNO2. The molecule has 0 saturated carbocycles. The van der Waals surface area contributed by atoms with Crippen LogP contribution in [0, 0.1) is 0 Å². The Morgan fingerprint density at radius 2 is 1.71 bits per heavy atom. The van der Waals surface area contributed by atoms with Crippen LogP contribution in [0.15, 0.2) is 36.4 Å². The van der Waals surface area contributed by atoms with Crippen LogP contribution in [-0.2, 0) is 13.0 Å². The summed E-state index contributed by atoms with van der Waals surface area (Å²) < 4.78 is 11.3. The number of hydrogen-bond donors (Lipinski definition) is 1. The van der Waals surface area contributed by atoms with E-state index in [9.17, 15) is 0 Å². The molecule has 0 amide bonds. The summed E-state index contributed by atoms with van der Waals surface area (Å²) in [7, 11) is 3.54. The van der Waals surface area contributed by atoms with Crippen molar-refractivity contribution in [2.75, 3.05) is 14.2 Å². The van der Waals surface area contributed by atoms with Crippen LogP contribution < -0.4 is 14.8 Å². The topological polar surface area (TPSA) is 30.5 Å². The Bertz CT molecular complexity index is 614. The van der Waals surface area contributed by atoms with E-state index in [0.717, 1.165) is 18.5 Å². The number of rotatable bonds is 6. The molecule has 0 aromatic heterocycles. The molecule has 0 fully saturated rings. The van der Waals surface area contributed by atoms with Crippen molar-refractivity contribution >= 4 is 11.6 Å². The highest BCUT2D eigenvalue weighted by atomic mass is 35.5. The molecule has 0 heterocycles. The maximum Gasteiger partial charge on any atom is 0.169 e. The lowest BCUT2D eigenvalue weighted by Crippen LogP contribution is -2.04. The molecule has 2 rings (SSSR count). The summed E-state index contributed by atoms with van der Waals surface area (Å²) in [5.41, 5.74) is 2.32. The summed E-state index contributed by atoms with van der Waals surface area (Å²) in [4.78, 5) is 0. The molecule has 2 aromatic carbocycles. The van der Waals surface area contributed by atoms with Gasteiger partial charge in [-0.1, -0.05) is 30.7 Å². The Hall–Kier alpha value is -1.71. The summed E-state index contributed by atoms with van der Waals surface area (Å²) in [6.45, 7) is 2.88. The van der Waals surface area contributed by atoms with Gasteiger partial charge in [0.25, 0.3) is 0 Å². The monoisotopic (exact) mass is 305 g/mol. The molecule has 4 heteroatoms. The average Bonchev–Trinajstić information content (AvgIpc) is 2.50. The number of aryl methyl sites for hydroxylation is 1. The highest BCUT2D eigenvalue weighted by Gasteiger charge is 2.09. The van der Waals surface area contributed by atoms with Gasteiger partial charge in [-0.25, -0.2) is 0 Å². The maximum absolute atomic E-state index is 6.28. The lowest BCUT2D eigenvalue weighted by molar-refractivity contribution is 0.378. The molecule has 3 nitrogen and oxygen atoms in total. The Morgan fingerprint density at radius 3 is 2.33 bits per heavy atom. The smallest absolute Gasteiger partial charge is 0.169 e. The molecule has 0 aliphatic heterocycles. The molecule has 0 radical (unpaired) electrons. The van der Waals surface area contributed by atoms with E-state index in [0.29, 0.717) is 22.3 Å². The number of methoxy groups -OCH3 is 1. The van der Waals surface area contributed by atoms with Crippen molar-refractivity contribution in [2.45, 2.75) is 19.9 Å². The first-order valence-corrected chi connectivity index (χ1v) is 7.33. The third kappa shape index (κ3) is 3.90. The van der Waals surface area contributed by atoms with Crippen LogP contribution in [0.3, 0.4) is 0 Å². The van der Waals surface area contributed by atoms with E-state index in [4.69, 9.17) is 21.1 Å². The van der Waals surface area contributed by atoms with Gasteiger partial charge < -0.3 is 14.8 Å². The van der Waals surface area contributed by atoms with Crippen LogP contribution in [0.1, 0.15) is 18.1 Å². The normalized spacial score (nSPS) is 10.5. The molecule has 0 atom stereocenters. The molecular weight excluding hydrogens is 286 g/mol. The molecule has 0 saturated heterocycles. The fourth-order valence-corrected chi connectivity index (χ4v) is 2.32. The third-order valence-electron chi connectivity index (χ3n) is 3.23. The van der Waals surface area contributed by atoms with Crippen LogP contribution in [0.4, 0.5) is 0 Å². The standard InChI is InChI=1S/C17H20ClNO2/c1-4-12-5-8-16(17(10-12)20-3)21-15-7-6-13(11-19-2)9-14(15)18/h5-10,19H,4,11H2,1-3H3. The van der Waals surface area contributed by atoms with E-state index < -0.39 is 0 Å². The average molecular weight is 306 g/mol. The zero-order chi connectivity index (χ0) is 15.2. The Balaban J connectivity index is 2.25. The minimum absolute atomic E-state index is 0.587. The summed E-state index contributed by atoms with van der Waals surface area (Å²) in [6.07, 6.45) is 0.954. The van der Waals surface area contributed by atoms with Crippen LogP contribution in [0.2, 0.25) is 5.02 Å². The molecule has 2 aromatic rings. The molecule has 0 aliphatic carbocycles. The lowest BCUT2D eigenvalue weighted by Gasteiger charge is -2.13. The van der Waals surface area contributed by atoms with E-state index in [1.165, 1.54) is 5.56 Å². The number of benzene rings is 2. The van der Waals surface area contributed by atoms with Gasteiger partial charge in [-0.2, -0.15) is 0 Å². The van der Waals surface area contributed by atoms with Crippen LogP contribution in [0.25, 0.3) is 0 Å². The number of ether oxygens (including phenoxy) is 2. The maximum atomic E-state index is 6.28. The fourth-order valence-electron chi connectivity index (χ4n) is 2.08. The molecule has 0 unspecified atom stereocenters. The van der Waals surface area contributed by atoms with Crippen molar-refractivity contribution in [2.24, 2.45) is 0 Å². The van der Waals surface area contributed by atoms with Crippen LogP contribution in [-0.4, -0.2) is 14.2 Å². The molecule has 0 spiro atoms. The first-order valence-electron chi connectivity index (χ1n) is 6.95.